The minimum atomic E-state index is -0.681. The predicted octanol–water partition coefficient (Wildman–Crippen LogP) is 2.60. The van der Waals surface area contributed by atoms with Crippen LogP contribution in [0.3, 0.4) is 0 Å². The minimum Gasteiger partial charge on any atom is -0.386 e. The van der Waals surface area contributed by atoms with Crippen LogP contribution < -0.4 is 0 Å². The molecule has 0 fully saturated rings. The molecule has 0 saturated carbocycles. The Kier molecular flexibility index (Phi) is 2.65. The molecular formula is C18H8O5. The molecule has 2 aromatic carbocycles. The molecule has 23 heavy (non-hydrogen) atoms. The molecule has 0 atom stereocenters. The molecule has 0 spiro atoms. The number of rotatable bonds is 1. The Bertz CT molecular complexity index is 965. The number of ether oxygens (including phenoxy) is 1. The molecule has 5 heteroatoms. The molecule has 2 aliphatic rings. The Labute approximate surface area is 130 Å². The Morgan fingerprint density at radius 1 is 0.565 bits per heavy atom. The fourth-order valence-electron chi connectivity index (χ4n) is 2.74. The third-order valence-electron chi connectivity index (χ3n) is 3.91. The van der Waals surface area contributed by atoms with Crippen molar-refractivity contribution in [2.24, 2.45) is 0 Å². The summed E-state index contributed by atoms with van der Waals surface area (Å²) in [5, 5.41) is 0. The molecule has 0 radical (unpaired) electrons. The number of benzene rings is 2. The number of allylic oxidation sites excluding steroid dienone is 2. The van der Waals surface area contributed by atoms with Crippen LogP contribution >= 0.6 is 0 Å². The maximum atomic E-state index is 11.9. The number of esters is 2. The zero-order valence-corrected chi connectivity index (χ0v) is 11.7. The summed E-state index contributed by atoms with van der Waals surface area (Å²) in [5.41, 5.74) is 2.45. The van der Waals surface area contributed by atoms with Gasteiger partial charge < -0.3 is 4.74 Å². The third-order valence-corrected chi connectivity index (χ3v) is 3.91. The van der Waals surface area contributed by atoms with Gasteiger partial charge in [0.15, 0.2) is 11.6 Å². The number of carbonyl (C=O) groups is 4. The monoisotopic (exact) mass is 304 g/mol. The van der Waals surface area contributed by atoms with Crippen LogP contribution in [0, 0.1) is 0 Å². The van der Waals surface area contributed by atoms with Gasteiger partial charge in [-0.15, -0.1) is 0 Å². The summed E-state index contributed by atoms with van der Waals surface area (Å²) in [6, 6.07) is 9.64. The molecule has 0 unspecified atom stereocenters. The summed E-state index contributed by atoms with van der Waals surface area (Å²) in [7, 11) is 0. The molecule has 4 rings (SSSR count). The SMILES string of the molecule is O=C1C=CC(=O)c2cc(-c3ccc4c(c3)C(=O)OC4=O)ccc21. The van der Waals surface area contributed by atoms with Crippen molar-refractivity contribution < 1.29 is 23.9 Å². The Morgan fingerprint density at radius 2 is 1.09 bits per heavy atom. The number of cyclic esters (lactones) is 2. The van der Waals surface area contributed by atoms with Gasteiger partial charge in [0.2, 0.25) is 0 Å². The Morgan fingerprint density at radius 3 is 1.78 bits per heavy atom. The summed E-state index contributed by atoms with van der Waals surface area (Å²) in [6.07, 6.45) is 2.49. The first-order valence-corrected chi connectivity index (χ1v) is 6.86. The van der Waals surface area contributed by atoms with Crippen LogP contribution in [-0.4, -0.2) is 23.5 Å². The second-order valence-electron chi connectivity index (χ2n) is 5.26. The fourth-order valence-corrected chi connectivity index (χ4v) is 2.74. The van der Waals surface area contributed by atoms with Crippen molar-refractivity contribution in [1.29, 1.82) is 0 Å². The van der Waals surface area contributed by atoms with E-state index >= 15 is 0 Å². The highest BCUT2D eigenvalue weighted by atomic mass is 16.6. The lowest BCUT2D eigenvalue weighted by molar-refractivity contribution is 0.0443. The first-order valence-electron chi connectivity index (χ1n) is 6.86. The lowest BCUT2D eigenvalue weighted by Crippen LogP contribution is -2.11. The van der Waals surface area contributed by atoms with Crippen LogP contribution in [0.4, 0.5) is 0 Å². The van der Waals surface area contributed by atoms with Crippen molar-refractivity contribution in [3.8, 4) is 11.1 Å². The molecule has 1 heterocycles. The maximum absolute atomic E-state index is 11.9. The van der Waals surface area contributed by atoms with E-state index in [2.05, 4.69) is 4.74 Å². The molecule has 1 aliphatic heterocycles. The van der Waals surface area contributed by atoms with Crippen molar-refractivity contribution in [1.82, 2.24) is 0 Å². The van der Waals surface area contributed by atoms with Crippen LogP contribution in [-0.2, 0) is 4.74 Å². The van der Waals surface area contributed by atoms with Gasteiger partial charge in [0, 0.05) is 11.1 Å². The van der Waals surface area contributed by atoms with Crippen LogP contribution in [0.15, 0.2) is 48.6 Å². The first-order chi connectivity index (χ1) is 11.0. The van der Waals surface area contributed by atoms with E-state index in [4.69, 9.17) is 0 Å². The molecule has 1 aliphatic carbocycles. The molecule has 0 N–H and O–H groups in total. The highest BCUT2D eigenvalue weighted by molar-refractivity contribution is 6.22. The molecule has 2 aromatic rings. The van der Waals surface area contributed by atoms with Gasteiger partial charge in [-0.3, -0.25) is 9.59 Å². The zero-order chi connectivity index (χ0) is 16.1. The molecule has 0 bridgehead atoms. The summed E-state index contributed by atoms with van der Waals surface area (Å²) >= 11 is 0. The molecule has 0 aromatic heterocycles. The lowest BCUT2D eigenvalue weighted by atomic mass is 9.90. The van der Waals surface area contributed by atoms with Gasteiger partial charge in [0.05, 0.1) is 11.1 Å². The maximum Gasteiger partial charge on any atom is 0.346 e. The zero-order valence-electron chi connectivity index (χ0n) is 11.7. The van der Waals surface area contributed by atoms with Crippen LogP contribution in [0.1, 0.15) is 41.4 Å². The molecule has 0 saturated heterocycles. The van der Waals surface area contributed by atoms with Gasteiger partial charge in [0.1, 0.15) is 0 Å². The van der Waals surface area contributed by atoms with E-state index < -0.39 is 11.9 Å². The van der Waals surface area contributed by atoms with Crippen molar-refractivity contribution in [3.05, 3.63) is 70.8 Å². The summed E-state index contributed by atoms with van der Waals surface area (Å²) in [4.78, 5) is 46.8. The average Bonchev–Trinajstić information content (AvgIpc) is 2.85. The topological polar surface area (TPSA) is 77.5 Å². The second kappa shape index (κ2) is 4.58. The average molecular weight is 304 g/mol. The summed E-state index contributed by atoms with van der Waals surface area (Å²) in [6.45, 7) is 0. The van der Waals surface area contributed by atoms with Gasteiger partial charge in [-0.05, 0) is 47.5 Å². The number of ketones is 2. The summed E-state index contributed by atoms with van der Waals surface area (Å²) < 4.78 is 4.56. The van der Waals surface area contributed by atoms with Gasteiger partial charge in [0.25, 0.3) is 0 Å². The molecular weight excluding hydrogens is 296 g/mol. The van der Waals surface area contributed by atoms with Gasteiger partial charge in [-0.2, -0.15) is 0 Å². The standard InChI is InChI=1S/C18H8O5/c19-15-5-6-16(20)13-7-9(1-3-11(13)15)10-2-4-12-14(8-10)18(22)23-17(12)21/h1-8H. The van der Waals surface area contributed by atoms with E-state index in [0.29, 0.717) is 22.3 Å². The number of hydrogen-bond acceptors (Lipinski definition) is 5. The van der Waals surface area contributed by atoms with Gasteiger partial charge in [-0.25, -0.2) is 9.59 Å². The van der Waals surface area contributed by atoms with E-state index in [1.54, 1.807) is 30.3 Å². The normalized spacial score (nSPS) is 15.5. The van der Waals surface area contributed by atoms with Crippen molar-refractivity contribution >= 4 is 23.5 Å². The number of fused-ring (bicyclic) bond motifs is 2. The fraction of sp³-hybridized carbons (Fsp3) is 0. The highest BCUT2D eigenvalue weighted by Crippen LogP contribution is 2.29. The van der Waals surface area contributed by atoms with Crippen LogP contribution in [0.2, 0.25) is 0 Å². The quantitative estimate of drug-likeness (QED) is 0.598. The van der Waals surface area contributed by atoms with E-state index in [9.17, 15) is 19.2 Å². The highest BCUT2D eigenvalue weighted by Gasteiger charge is 2.30. The Balaban J connectivity index is 1.85. The van der Waals surface area contributed by atoms with Gasteiger partial charge >= 0.3 is 11.9 Å². The van der Waals surface area contributed by atoms with Crippen molar-refractivity contribution in [2.75, 3.05) is 0 Å². The second-order valence-corrected chi connectivity index (χ2v) is 5.26. The van der Waals surface area contributed by atoms with E-state index in [1.165, 1.54) is 18.2 Å². The summed E-state index contributed by atoms with van der Waals surface area (Å²) in [5.74, 6) is -1.79. The molecule has 110 valence electrons. The van der Waals surface area contributed by atoms with E-state index in [1.807, 2.05) is 0 Å². The minimum absolute atomic E-state index is 0.201. The molecule has 5 nitrogen and oxygen atoms in total. The van der Waals surface area contributed by atoms with Crippen molar-refractivity contribution in [3.63, 3.8) is 0 Å². The first kappa shape index (κ1) is 13.3. The smallest absolute Gasteiger partial charge is 0.346 e. The predicted molar refractivity (Wildman–Crippen MR) is 79.4 cm³/mol. The lowest BCUT2D eigenvalue weighted by Gasteiger charge is -2.11. The van der Waals surface area contributed by atoms with Crippen LogP contribution in [0.5, 0.6) is 0 Å². The van der Waals surface area contributed by atoms with Gasteiger partial charge in [-0.1, -0.05) is 12.1 Å². The molecule has 0 amide bonds. The third kappa shape index (κ3) is 1.94. The number of carbonyl (C=O) groups excluding carboxylic acids is 4. The number of hydrogen-bond donors (Lipinski definition) is 0. The van der Waals surface area contributed by atoms with E-state index in [-0.39, 0.29) is 22.7 Å². The van der Waals surface area contributed by atoms with Crippen molar-refractivity contribution in [2.45, 2.75) is 0 Å². The van der Waals surface area contributed by atoms with Crippen LogP contribution in [0.25, 0.3) is 11.1 Å². The van der Waals surface area contributed by atoms with E-state index in [0.717, 1.165) is 0 Å². The Hall–Kier alpha value is -3.34. The largest absolute Gasteiger partial charge is 0.386 e.